The van der Waals surface area contributed by atoms with Crippen LogP contribution in [0.15, 0.2) is 24.3 Å². The third-order valence-corrected chi connectivity index (χ3v) is 4.51. The second-order valence-electron chi connectivity index (χ2n) is 6.06. The number of carbonyl (C=O) groups is 1. The molecule has 2 fully saturated rings. The summed E-state index contributed by atoms with van der Waals surface area (Å²) in [6, 6.07) is 9.44. The van der Waals surface area contributed by atoms with Crippen molar-refractivity contribution in [2.45, 2.75) is 38.3 Å². The third kappa shape index (κ3) is 2.66. The van der Waals surface area contributed by atoms with Crippen LogP contribution in [0, 0.1) is 0 Å². The summed E-state index contributed by atoms with van der Waals surface area (Å²) < 4.78 is 0. The van der Waals surface area contributed by atoms with Crippen LogP contribution in [0.2, 0.25) is 0 Å². The van der Waals surface area contributed by atoms with Gasteiger partial charge < -0.3 is 15.1 Å². The highest BCUT2D eigenvalue weighted by molar-refractivity contribution is 5.95. The zero-order valence-electron chi connectivity index (χ0n) is 12.3. The summed E-state index contributed by atoms with van der Waals surface area (Å²) in [4.78, 5) is 16.0. The normalized spacial score (nSPS) is 27.3. The number of amides is 1. The maximum atomic E-state index is 11.7. The van der Waals surface area contributed by atoms with Crippen LogP contribution < -0.4 is 10.2 Å². The molecule has 1 amide bonds. The fourth-order valence-electron chi connectivity index (χ4n) is 3.19. The van der Waals surface area contributed by atoms with E-state index in [1.807, 2.05) is 17.0 Å². The van der Waals surface area contributed by atoms with Gasteiger partial charge in [0, 0.05) is 43.0 Å². The summed E-state index contributed by atoms with van der Waals surface area (Å²) in [5.74, 6) is 0.247. The highest BCUT2D eigenvalue weighted by Gasteiger charge is 2.26. The minimum atomic E-state index is 0.247. The molecule has 108 valence electrons. The second kappa shape index (κ2) is 5.44. The van der Waals surface area contributed by atoms with Gasteiger partial charge in [0.1, 0.15) is 0 Å². The number of hydrogen-bond acceptors (Lipinski definition) is 3. The molecular weight excluding hydrogens is 250 g/mol. The van der Waals surface area contributed by atoms with Crippen LogP contribution >= 0.6 is 0 Å². The van der Waals surface area contributed by atoms with Gasteiger partial charge >= 0.3 is 0 Å². The zero-order valence-corrected chi connectivity index (χ0v) is 12.3. The van der Waals surface area contributed by atoms with Crippen molar-refractivity contribution in [2.75, 3.05) is 30.4 Å². The summed E-state index contributed by atoms with van der Waals surface area (Å²) in [5.41, 5.74) is 2.17. The first-order valence-electron chi connectivity index (χ1n) is 7.50. The Morgan fingerprint density at radius 1 is 1.25 bits per heavy atom. The van der Waals surface area contributed by atoms with Crippen molar-refractivity contribution in [3.63, 3.8) is 0 Å². The number of nitrogens with zero attached hydrogens (tertiary/aromatic N) is 2. The van der Waals surface area contributed by atoms with Crippen molar-refractivity contribution in [3.05, 3.63) is 24.3 Å². The van der Waals surface area contributed by atoms with E-state index < -0.39 is 0 Å². The van der Waals surface area contributed by atoms with E-state index in [1.165, 1.54) is 6.42 Å². The van der Waals surface area contributed by atoms with E-state index in [1.54, 1.807) is 0 Å². The molecule has 0 bridgehead atoms. The fraction of sp³-hybridized carbons (Fsp3) is 0.562. The molecule has 4 heteroatoms. The Labute approximate surface area is 120 Å². The van der Waals surface area contributed by atoms with E-state index >= 15 is 0 Å². The molecule has 1 aromatic carbocycles. The number of carbonyl (C=O) groups excluding carboxylic acids is 1. The molecule has 2 heterocycles. The van der Waals surface area contributed by atoms with E-state index in [4.69, 9.17) is 0 Å². The largest absolute Gasteiger partial charge is 0.381 e. The molecule has 20 heavy (non-hydrogen) atoms. The topological polar surface area (TPSA) is 35.6 Å². The van der Waals surface area contributed by atoms with Crippen molar-refractivity contribution in [2.24, 2.45) is 0 Å². The quantitative estimate of drug-likeness (QED) is 0.918. The Morgan fingerprint density at radius 2 is 2.00 bits per heavy atom. The Kier molecular flexibility index (Phi) is 3.66. The molecule has 1 aromatic rings. The molecule has 4 nitrogen and oxygen atoms in total. The molecule has 0 spiro atoms. The summed E-state index contributed by atoms with van der Waals surface area (Å²) in [7, 11) is 2.18. The zero-order chi connectivity index (χ0) is 14.1. The van der Waals surface area contributed by atoms with Crippen molar-refractivity contribution in [3.8, 4) is 0 Å². The van der Waals surface area contributed by atoms with Gasteiger partial charge in [-0.1, -0.05) is 0 Å². The summed E-state index contributed by atoms with van der Waals surface area (Å²) in [6.45, 7) is 4.22. The molecule has 0 aliphatic carbocycles. The lowest BCUT2D eigenvalue weighted by atomic mass is 10.2. The van der Waals surface area contributed by atoms with Gasteiger partial charge in [0.25, 0.3) is 0 Å². The molecule has 0 radical (unpaired) electrons. The van der Waals surface area contributed by atoms with Crippen molar-refractivity contribution >= 4 is 17.3 Å². The Balaban J connectivity index is 1.63. The maximum Gasteiger partial charge on any atom is 0.227 e. The number of likely N-dealkylation sites (N-methyl/N-ethyl adjacent to an activating group) is 1. The monoisotopic (exact) mass is 273 g/mol. The molecule has 0 saturated carbocycles. The molecular formula is C16H23N3O. The molecule has 2 aliphatic rings. The SMILES string of the molecule is CC1CC(Nc2ccc(N3CCCC3=O)cc2)CN1C. The van der Waals surface area contributed by atoms with E-state index in [0.717, 1.165) is 30.9 Å². The van der Waals surface area contributed by atoms with Crippen LogP contribution in [-0.2, 0) is 4.79 Å². The Hall–Kier alpha value is -1.55. The van der Waals surface area contributed by atoms with Gasteiger partial charge in [0.2, 0.25) is 5.91 Å². The van der Waals surface area contributed by atoms with Gasteiger partial charge in [-0.25, -0.2) is 0 Å². The van der Waals surface area contributed by atoms with E-state index in [9.17, 15) is 4.79 Å². The number of rotatable bonds is 3. The van der Waals surface area contributed by atoms with Gasteiger partial charge in [-0.15, -0.1) is 0 Å². The number of nitrogens with one attached hydrogen (secondary N) is 1. The van der Waals surface area contributed by atoms with E-state index in [-0.39, 0.29) is 5.91 Å². The first-order chi connectivity index (χ1) is 9.63. The van der Waals surface area contributed by atoms with Crippen LogP contribution in [0.5, 0.6) is 0 Å². The number of benzene rings is 1. The lowest BCUT2D eigenvalue weighted by Crippen LogP contribution is -2.25. The summed E-state index contributed by atoms with van der Waals surface area (Å²) >= 11 is 0. The van der Waals surface area contributed by atoms with Gasteiger partial charge in [0.05, 0.1) is 0 Å². The van der Waals surface area contributed by atoms with Gasteiger partial charge in [-0.3, -0.25) is 4.79 Å². The van der Waals surface area contributed by atoms with Crippen LogP contribution in [0.1, 0.15) is 26.2 Å². The first-order valence-corrected chi connectivity index (χ1v) is 7.50. The number of hydrogen-bond donors (Lipinski definition) is 1. The second-order valence-corrected chi connectivity index (χ2v) is 6.06. The average molecular weight is 273 g/mol. The predicted molar refractivity (Wildman–Crippen MR) is 82.1 cm³/mol. The number of likely N-dealkylation sites (tertiary alicyclic amines) is 1. The lowest BCUT2D eigenvalue weighted by molar-refractivity contribution is -0.117. The standard InChI is InChI=1S/C16H23N3O/c1-12-10-14(11-18(12)2)17-13-5-7-15(8-6-13)19-9-3-4-16(19)20/h5-8,12,14,17H,3-4,9-11H2,1-2H3. The minimum absolute atomic E-state index is 0.247. The van der Waals surface area contributed by atoms with Crippen molar-refractivity contribution in [1.29, 1.82) is 0 Å². The van der Waals surface area contributed by atoms with Crippen LogP contribution in [-0.4, -0.2) is 43.0 Å². The fourth-order valence-corrected chi connectivity index (χ4v) is 3.19. The maximum absolute atomic E-state index is 11.7. The molecule has 2 unspecified atom stereocenters. The van der Waals surface area contributed by atoms with Crippen molar-refractivity contribution in [1.82, 2.24) is 4.90 Å². The highest BCUT2D eigenvalue weighted by Crippen LogP contribution is 2.24. The van der Waals surface area contributed by atoms with E-state index in [2.05, 4.69) is 36.3 Å². The van der Waals surface area contributed by atoms with Gasteiger partial charge in [0.15, 0.2) is 0 Å². The minimum Gasteiger partial charge on any atom is -0.381 e. The Bertz CT molecular complexity index is 475. The smallest absolute Gasteiger partial charge is 0.227 e. The molecule has 2 aliphatic heterocycles. The van der Waals surface area contributed by atoms with Crippen LogP contribution in [0.25, 0.3) is 0 Å². The summed E-state index contributed by atoms with van der Waals surface area (Å²) in [5, 5.41) is 3.59. The molecule has 0 aromatic heterocycles. The molecule has 2 atom stereocenters. The highest BCUT2D eigenvalue weighted by atomic mass is 16.2. The third-order valence-electron chi connectivity index (χ3n) is 4.51. The average Bonchev–Trinajstić information content (AvgIpc) is 2.98. The molecule has 3 rings (SSSR count). The van der Waals surface area contributed by atoms with Gasteiger partial charge in [-0.05, 0) is 51.1 Å². The molecule has 2 saturated heterocycles. The first kappa shape index (κ1) is 13.4. The van der Waals surface area contributed by atoms with Crippen LogP contribution in [0.4, 0.5) is 11.4 Å². The Morgan fingerprint density at radius 3 is 2.55 bits per heavy atom. The number of anilines is 2. The van der Waals surface area contributed by atoms with E-state index in [0.29, 0.717) is 18.5 Å². The van der Waals surface area contributed by atoms with Crippen molar-refractivity contribution < 1.29 is 4.79 Å². The molecule has 1 N–H and O–H groups in total. The van der Waals surface area contributed by atoms with Gasteiger partial charge in [-0.2, -0.15) is 0 Å². The van der Waals surface area contributed by atoms with Crippen LogP contribution in [0.3, 0.4) is 0 Å². The predicted octanol–water partition coefficient (Wildman–Crippen LogP) is 2.32. The summed E-state index contributed by atoms with van der Waals surface area (Å²) in [6.07, 6.45) is 2.85. The lowest BCUT2D eigenvalue weighted by Gasteiger charge is -2.18.